The van der Waals surface area contributed by atoms with Crippen molar-refractivity contribution in [2.45, 2.75) is 6.10 Å². The second-order valence-electron chi connectivity index (χ2n) is 3.70. The molecule has 15 heavy (non-hydrogen) atoms. The Morgan fingerprint density at radius 3 is 2.87 bits per heavy atom. The van der Waals surface area contributed by atoms with Gasteiger partial charge in [0.05, 0.1) is 6.54 Å². The summed E-state index contributed by atoms with van der Waals surface area (Å²) in [5.74, 6) is 0.0146. The maximum Gasteiger partial charge on any atom is 0.248 e. The van der Waals surface area contributed by atoms with E-state index in [-0.39, 0.29) is 18.6 Å². The second kappa shape index (κ2) is 3.90. The molecule has 4 heteroatoms. The quantitative estimate of drug-likeness (QED) is 0.691. The molecule has 0 bridgehead atoms. The van der Waals surface area contributed by atoms with E-state index in [0.717, 1.165) is 5.56 Å². The van der Waals surface area contributed by atoms with Crippen LogP contribution in [0.25, 0.3) is 0 Å². The Kier molecular flexibility index (Phi) is 2.60. The highest BCUT2D eigenvalue weighted by molar-refractivity contribution is 5.78. The van der Waals surface area contributed by atoms with E-state index >= 15 is 0 Å². The van der Waals surface area contributed by atoms with Crippen LogP contribution in [0.3, 0.4) is 0 Å². The van der Waals surface area contributed by atoms with Crippen molar-refractivity contribution in [3.8, 4) is 0 Å². The number of para-hydroxylation sites is 1. The number of nitrogen functional groups attached to an aromatic ring is 1. The lowest BCUT2D eigenvalue weighted by Gasteiger charge is -2.30. The lowest BCUT2D eigenvalue weighted by Crippen LogP contribution is -2.40. The largest absolute Gasteiger partial charge is 0.398 e. The molecule has 1 aromatic carbocycles. The van der Waals surface area contributed by atoms with Crippen molar-refractivity contribution in [1.82, 2.24) is 4.90 Å². The fraction of sp³-hybridized carbons (Fsp3) is 0.364. The molecule has 80 valence electrons. The predicted octanol–water partition coefficient (Wildman–Crippen LogP) is 0.798. The average molecular weight is 206 g/mol. The number of benzene rings is 1. The number of anilines is 1. The number of morpholine rings is 1. The molecular weight excluding hydrogens is 192 g/mol. The maximum atomic E-state index is 11.2. The van der Waals surface area contributed by atoms with Crippen LogP contribution in [-0.2, 0) is 9.53 Å². The number of nitrogens with zero attached hydrogens (tertiary/aromatic N) is 1. The summed E-state index contributed by atoms with van der Waals surface area (Å²) >= 11 is 0. The van der Waals surface area contributed by atoms with Crippen LogP contribution >= 0.6 is 0 Å². The third-order valence-corrected chi connectivity index (χ3v) is 2.62. The molecule has 1 amide bonds. The first kappa shape index (κ1) is 9.98. The van der Waals surface area contributed by atoms with Crippen molar-refractivity contribution in [2.24, 2.45) is 0 Å². The molecule has 1 aliphatic heterocycles. The zero-order valence-electron chi connectivity index (χ0n) is 8.64. The molecule has 1 unspecified atom stereocenters. The summed E-state index contributed by atoms with van der Waals surface area (Å²) < 4.78 is 5.46. The van der Waals surface area contributed by atoms with Crippen LogP contribution in [0, 0.1) is 0 Å². The van der Waals surface area contributed by atoms with Gasteiger partial charge < -0.3 is 15.4 Å². The number of carbonyl (C=O) groups excluding carboxylic acids is 1. The van der Waals surface area contributed by atoms with Gasteiger partial charge in [0.15, 0.2) is 0 Å². The van der Waals surface area contributed by atoms with Crippen molar-refractivity contribution in [3.63, 3.8) is 0 Å². The number of nitrogens with two attached hydrogens (primary N) is 1. The van der Waals surface area contributed by atoms with Crippen LogP contribution in [0.1, 0.15) is 11.7 Å². The summed E-state index contributed by atoms with van der Waals surface area (Å²) in [5, 5.41) is 0. The van der Waals surface area contributed by atoms with Gasteiger partial charge in [-0.3, -0.25) is 4.79 Å². The number of carbonyl (C=O) groups is 1. The highest BCUT2D eigenvalue weighted by Gasteiger charge is 2.25. The zero-order chi connectivity index (χ0) is 10.8. The first-order valence-electron chi connectivity index (χ1n) is 4.88. The van der Waals surface area contributed by atoms with Crippen molar-refractivity contribution in [3.05, 3.63) is 29.8 Å². The lowest BCUT2D eigenvalue weighted by molar-refractivity contribution is -0.147. The van der Waals surface area contributed by atoms with Crippen LogP contribution in [0.4, 0.5) is 5.69 Å². The van der Waals surface area contributed by atoms with Gasteiger partial charge in [0, 0.05) is 18.3 Å². The van der Waals surface area contributed by atoms with E-state index in [4.69, 9.17) is 10.5 Å². The van der Waals surface area contributed by atoms with Gasteiger partial charge in [-0.05, 0) is 6.07 Å². The molecule has 1 saturated heterocycles. The molecule has 1 heterocycles. The number of rotatable bonds is 1. The number of hydrogen-bond acceptors (Lipinski definition) is 3. The first-order valence-corrected chi connectivity index (χ1v) is 4.88. The van der Waals surface area contributed by atoms with E-state index in [2.05, 4.69) is 0 Å². The third-order valence-electron chi connectivity index (χ3n) is 2.62. The molecule has 0 aliphatic carbocycles. The normalized spacial score (nSPS) is 21.8. The highest BCUT2D eigenvalue weighted by atomic mass is 16.5. The van der Waals surface area contributed by atoms with Crippen molar-refractivity contribution in [1.29, 1.82) is 0 Å². The molecule has 0 saturated carbocycles. The monoisotopic (exact) mass is 206 g/mol. The van der Waals surface area contributed by atoms with E-state index < -0.39 is 0 Å². The summed E-state index contributed by atoms with van der Waals surface area (Å²) in [6.45, 7) is 0.697. The zero-order valence-corrected chi connectivity index (χ0v) is 8.64. The molecule has 1 atom stereocenters. The summed E-state index contributed by atoms with van der Waals surface area (Å²) in [4.78, 5) is 12.9. The van der Waals surface area contributed by atoms with Crippen LogP contribution < -0.4 is 5.73 Å². The minimum atomic E-state index is -0.103. The fourth-order valence-electron chi connectivity index (χ4n) is 1.68. The van der Waals surface area contributed by atoms with E-state index in [0.29, 0.717) is 12.2 Å². The first-order chi connectivity index (χ1) is 7.18. The number of likely N-dealkylation sites (N-methyl/N-ethyl adjacent to an activating group) is 1. The topological polar surface area (TPSA) is 55.6 Å². The molecule has 1 aromatic rings. The standard InChI is InChI=1S/C11H14N2O2/c1-13-6-10(15-7-11(13)14)8-4-2-3-5-9(8)12/h2-5,10H,6-7,12H2,1H3. The second-order valence-corrected chi connectivity index (χ2v) is 3.70. The molecule has 2 rings (SSSR count). The Balaban J connectivity index is 2.19. The highest BCUT2D eigenvalue weighted by Crippen LogP contribution is 2.26. The average Bonchev–Trinajstić information content (AvgIpc) is 2.23. The third kappa shape index (κ3) is 1.94. The van der Waals surface area contributed by atoms with E-state index in [1.165, 1.54) is 0 Å². The predicted molar refractivity (Wildman–Crippen MR) is 57.2 cm³/mol. The molecule has 1 aliphatic rings. The summed E-state index contributed by atoms with van der Waals surface area (Å²) in [6.07, 6.45) is -0.103. The SMILES string of the molecule is CN1CC(c2ccccc2N)OCC1=O. The molecular formula is C11H14N2O2. The van der Waals surface area contributed by atoms with Crippen LogP contribution in [0.2, 0.25) is 0 Å². The van der Waals surface area contributed by atoms with Gasteiger partial charge in [-0.1, -0.05) is 18.2 Å². The van der Waals surface area contributed by atoms with E-state index in [1.807, 2.05) is 24.3 Å². The summed E-state index contributed by atoms with van der Waals surface area (Å²) in [7, 11) is 1.77. The van der Waals surface area contributed by atoms with E-state index in [9.17, 15) is 4.79 Å². The number of amides is 1. The molecule has 0 radical (unpaired) electrons. The maximum absolute atomic E-state index is 11.2. The van der Waals surface area contributed by atoms with Crippen LogP contribution in [-0.4, -0.2) is 31.0 Å². The Morgan fingerprint density at radius 1 is 1.47 bits per heavy atom. The van der Waals surface area contributed by atoms with Gasteiger partial charge >= 0.3 is 0 Å². The van der Waals surface area contributed by atoms with Gasteiger partial charge in [0.1, 0.15) is 12.7 Å². The van der Waals surface area contributed by atoms with Crippen molar-refractivity contribution >= 4 is 11.6 Å². The van der Waals surface area contributed by atoms with Gasteiger partial charge in [-0.2, -0.15) is 0 Å². The Hall–Kier alpha value is -1.55. The Labute approximate surface area is 88.6 Å². The number of ether oxygens (including phenoxy) is 1. The van der Waals surface area contributed by atoms with Crippen LogP contribution in [0.5, 0.6) is 0 Å². The Morgan fingerprint density at radius 2 is 2.20 bits per heavy atom. The lowest BCUT2D eigenvalue weighted by atomic mass is 10.1. The Bertz CT molecular complexity index is 379. The van der Waals surface area contributed by atoms with Gasteiger partial charge in [0.2, 0.25) is 5.91 Å². The molecule has 4 nitrogen and oxygen atoms in total. The minimum Gasteiger partial charge on any atom is -0.398 e. The number of hydrogen-bond donors (Lipinski definition) is 1. The van der Waals surface area contributed by atoms with Crippen molar-refractivity contribution < 1.29 is 9.53 Å². The van der Waals surface area contributed by atoms with Gasteiger partial charge in [-0.15, -0.1) is 0 Å². The fourth-order valence-corrected chi connectivity index (χ4v) is 1.68. The smallest absolute Gasteiger partial charge is 0.248 e. The molecule has 1 fully saturated rings. The van der Waals surface area contributed by atoms with Gasteiger partial charge in [-0.25, -0.2) is 0 Å². The summed E-state index contributed by atoms with van der Waals surface area (Å²) in [5.41, 5.74) is 7.52. The van der Waals surface area contributed by atoms with Crippen molar-refractivity contribution in [2.75, 3.05) is 25.9 Å². The minimum absolute atomic E-state index is 0.0146. The van der Waals surface area contributed by atoms with E-state index in [1.54, 1.807) is 11.9 Å². The summed E-state index contributed by atoms with van der Waals surface area (Å²) in [6, 6.07) is 7.58. The molecule has 0 aromatic heterocycles. The molecule has 0 spiro atoms. The molecule has 2 N–H and O–H groups in total. The van der Waals surface area contributed by atoms with Gasteiger partial charge in [0.25, 0.3) is 0 Å². The van der Waals surface area contributed by atoms with Crippen LogP contribution in [0.15, 0.2) is 24.3 Å².